The van der Waals surface area contributed by atoms with Crippen molar-refractivity contribution in [1.29, 1.82) is 5.26 Å². The number of carbonyl (C=O) groups is 1. The number of benzene rings is 1. The van der Waals surface area contributed by atoms with Gasteiger partial charge < -0.3 is 10.6 Å². The van der Waals surface area contributed by atoms with E-state index in [-0.39, 0.29) is 17.2 Å². The minimum Gasteiger partial charge on any atom is -0.323 e. The number of nitrogens with zero attached hydrogens (tertiary/aromatic N) is 1. The van der Waals surface area contributed by atoms with E-state index in [1.54, 1.807) is 27.0 Å². The highest BCUT2D eigenvalue weighted by Gasteiger charge is 2.26. The number of rotatable bonds is 3. The topological polar surface area (TPSA) is 64.9 Å². The molecule has 2 N–H and O–H groups in total. The van der Waals surface area contributed by atoms with E-state index in [4.69, 9.17) is 5.26 Å². The highest BCUT2D eigenvalue weighted by atomic mass is 19.1. The zero-order chi connectivity index (χ0) is 13.1. The monoisotopic (exact) mass is 235 g/mol. The lowest BCUT2D eigenvalue weighted by Gasteiger charge is -2.23. The summed E-state index contributed by atoms with van der Waals surface area (Å²) in [6, 6.07) is 5.84. The fraction of sp³-hybridized carbons (Fsp3) is 0.333. The number of nitrogens with one attached hydrogen (secondary N) is 2. The molecule has 17 heavy (non-hydrogen) atoms. The van der Waals surface area contributed by atoms with Gasteiger partial charge in [-0.3, -0.25) is 4.79 Å². The summed E-state index contributed by atoms with van der Waals surface area (Å²) in [5.41, 5.74) is -0.771. The number of amides is 1. The van der Waals surface area contributed by atoms with Crippen LogP contribution in [0.15, 0.2) is 18.2 Å². The van der Waals surface area contributed by atoms with E-state index in [1.165, 1.54) is 18.2 Å². The standard InChI is InChI=1S/C12H14FN3O/c1-12(2,15-3)11(17)16-10-6-4-5-9(13)8(10)7-14/h4-6,15H,1-3H3,(H,16,17). The van der Waals surface area contributed by atoms with Crippen molar-refractivity contribution in [2.24, 2.45) is 0 Å². The molecule has 0 unspecified atom stereocenters. The molecule has 5 heteroatoms. The highest BCUT2D eigenvalue weighted by molar-refractivity contribution is 5.98. The van der Waals surface area contributed by atoms with Crippen molar-refractivity contribution in [3.63, 3.8) is 0 Å². The van der Waals surface area contributed by atoms with E-state index < -0.39 is 11.4 Å². The average Bonchev–Trinajstić information content (AvgIpc) is 2.29. The van der Waals surface area contributed by atoms with Gasteiger partial charge in [0.25, 0.3) is 0 Å². The van der Waals surface area contributed by atoms with Crippen molar-refractivity contribution in [3.05, 3.63) is 29.6 Å². The fourth-order valence-electron chi connectivity index (χ4n) is 1.13. The molecule has 0 aliphatic carbocycles. The first-order valence-electron chi connectivity index (χ1n) is 5.11. The van der Waals surface area contributed by atoms with Crippen LogP contribution in [0.5, 0.6) is 0 Å². The normalized spacial score (nSPS) is 10.8. The first kappa shape index (κ1) is 13.1. The summed E-state index contributed by atoms with van der Waals surface area (Å²) in [6.45, 7) is 3.38. The summed E-state index contributed by atoms with van der Waals surface area (Å²) in [5.74, 6) is -0.977. The van der Waals surface area contributed by atoms with Gasteiger partial charge in [-0.05, 0) is 33.0 Å². The van der Waals surface area contributed by atoms with Crippen molar-refractivity contribution >= 4 is 11.6 Å². The lowest BCUT2D eigenvalue weighted by atomic mass is 10.0. The molecule has 0 atom stereocenters. The molecule has 0 aromatic heterocycles. The van der Waals surface area contributed by atoms with Crippen LogP contribution in [0.25, 0.3) is 0 Å². The Kier molecular flexibility index (Phi) is 3.81. The van der Waals surface area contributed by atoms with Crippen LogP contribution in [0.3, 0.4) is 0 Å². The Morgan fingerprint density at radius 1 is 1.47 bits per heavy atom. The number of hydrogen-bond donors (Lipinski definition) is 2. The molecule has 0 radical (unpaired) electrons. The summed E-state index contributed by atoms with van der Waals surface area (Å²) >= 11 is 0. The third kappa shape index (κ3) is 2.80. The Balaban J connectivity index is 3.02. The lowest BCUT2D eigenvalue weighted by Crippen LogP contribution is -2.48. The van der Waals surface area contributed by atoms with Gasteiger partial charge in [-0.2, -0.15) is 5.26 Å². The predicted octanol–water partition coefficient (Wildman–Crippen LogP) is 1.63. The van der Waals surface area contributed by atoms with Crippen LogP contribution in [-0.4, -0.2) is 18.5 Å². The van der Waals surface area contributed by atoms with Crippen LogP contribution in [0.2, 0.25) is 0 Å². The van der Waals surface area contributed by atoms with Gasteiger partial charge in [-0.25, -0.2) is 4.39 Å². The number of nitriles is 1. The maximum Gasteiger partial charge on any atom is 0.244 e. The number of hydrogen-bond acceptors (Lipinski definition) is 3. The van der Waals surface area contributed by atoms with Gasteiger partial charge in [0.1, 0.15) is 17.4 Å². The fourth-order valence-corrected chi connectivity index (χ4v) is 1.13. The molecule has 0 aliphatic rings. The second kappa shape index (κ2) is 4.93. The third-order valence-electron chi connectivity index (χ3n) is 2.57. The number of halogens is 1. The van der Waals surface area contributed by atoms with Crippen molar-refractivity contribution in [2.45, 2.75) is 19.4 Å². The minimum atomic E-state index is -0.793. The van der Waals surface area contributed by atoms with Crippen LogP contribution in [0, 0.1) is 17.1 Å². The Morgan fingerprint density at radius 3 is 2.65 bits per heavy atom. The molecule has 0 saturated heterocycles. The Morgan fingerprint density at radius 2 is 2.12 bits per heavy atom. The molecule has 4 nitrogen and oxygen atoms in total. The Hall–Kier alpha value is -1.93. The summed E-state index contributed by atoms with van der Waals surface area (Å²) in [4.78, 5) is 11.8. The van der Waals surface area contributed by atoms with E-state index in [0.717, 1.165) is 0 Å². The van der Waals surface area contributed by atoms with Crippen LogP contribution in [-0.2, 0) is 4.79 Å². The summed E-state index contributed by atoms with van der Waals surface area (Å²) < 4.78 is 13.3. The van der Waals surface area contributed by atoms with E-state index in [9.17, 15) is 9.18 Å². The van der Waals surface area contributed by atoms with Crippen molar-refractivity contribution in [2.75, 3.05) is 12.4 Å². The molecule has 0 spiro atoms. The number of carbonyl (C=O) groups excluding carboxylic acids is 1. The molecule has 0 saturated carbocycles. The molecule has 1 aromatic carbocycles. The SMILES string of the molecule is CNC(C)(C)C(=O)Nc1cccc(F)c1C#N. The van der Waals surface area contributed by atoms with Crippen LogP contribution in [0.4, 0.5) is 10.1 Å². The predicted molar refractivity (Wildman–Crippen MR) is 62.9 cm³/mol. The van der Waals surface area contributed by atoms with Crippen molar-refractivity contribution < 1.29 is 9.18 Å². The van der Waals surface area contributed by atoms with E-state index in [0.29, 0.717) is 0 Å². The second-order valence-corrected chi connectivity index (χ2v) is 4.10. The summed E-state index contributed by atoms with van der Waals surface area (Å²) in [7, 11) is 1.65. The first-order valence-corrected chi connectivity index (χ1v) is 5.11. The van der Waals surface area contributed by atoms with E-state index in [2.05, 4.69) is 10.6 Å². The van der Waals surface area contributed by atoms with Gasteiger partial charge in [0.05, 0.1) is 11.2 Å². The average molecular weight is 235 g/mol. The molecule has 1 amide bonds. The van der Waals surface area contributed by atoms with Gasteiger partial charge >= 0.3 is 0 Å². The van der Waals surface area contributed by atoms with Crippen molar-refractivity contribution in [1.82, 2.24) is 5.32 Å². The lowest BCUT2D eigenvalue weighted by molar-refractivity contribution is -0.121. The Labute approximate surface area is 99.4 Å². The summed E-state index contributed by atoms with van der Waals surface area (Å²) in [6.07, 6.45) is 0. The largest absolute Gasteiger partial charge is 0.323 e. The van der Waals surface area contributed by atoms with E-state index in [1.807, 2.05) is 0 Å². The maximum absolute atomic E-state index is 13.3. The van der Waals surface area contributed by atoms with Gasteiger partial charge in [0.15, 0.2) is 0 Å². The Bertz CT molecular complexity index is 477. The third-order valence-corrected chi connectivity index (χ3v) is 2.57. The molecule has 90 valence electrons. The molecule has 1 rings (SSSR count). The first-order chi connectivity index (χ1) is 7.92. The quantitative estimate of drug-likeness (QED) is 0.837. The highest BCUT2D eigenvalue weighted by Crippen LogP contribution is 2.19. The molecule has 1 aromatic rings. The van der Waals surface area contributed by atoms with E-state index >= 15 is 0 Å². The van der Waals surface area contributed by atoms with Crippen molar-refractivity contribution in [3.8, 4) is 6.07 Å². The maximum atomic E-state index is 13.3. The smallest absolute Gasteiger partial charge is 0.244 e. The molecule has 0 fully saturated rings. The second-order valence-electron chi connectivity index (χ2n) is 4.10. The summed E-state index contributed by atoms with van der Waals surface area (Å²) in [5, 5.41) is 14.2. The number of anilines is 1. The van der Waals surface area contributed by atoms with Crippen LogP contribution in [0.1, 0.15) is 19.4 Å². The molecule has 0 bridgehead atoms. The van der Waals surface area contributed by atoms with Gasteiger partial charge in [0.2, 0.25) is 5.91 Å². The van der Waals surface area contributed by atoms with Gasteiger partial charge in [-0.15, -0.1) is 0 Å². The molecule has 0 aliphatic heterocycles. The molecule has 0 heterocycles. The molecular weight excluding hydrogens is 221 g/mol. The minimum absolute atomic E-state index is 0.159. The van der Waals surface area contributed by atoms with Crippen LogP contribution >= 0.6 is 0 Å². The van der Waals surface area contributed by atoms with Gasteiger partial charge in [-0.1, -0.05) is 6.07 Å². The zero-order valence-corrected chi connectivity index (χ0v) is 9.97. The zero-order valence-electron chi connectivity index (χ0n) is 9.97. The molecular formula is C12H14FN3O. The van der Waals surface area contributed by atoms with Crippen LogP contribution < -0.4 is 10.6 Å². The van der Waals surface area contributed by atoms with Gasteiger partial charge in [0, 0.05) is 0 Å². The number of likely N-dealkylation sites (N-methyl/N-ethyl adjacent to an activating group) is 1.